The number of anilines is 2. The summed E-state index contributed by atoms with van der Waals surface area (Å²) < 4.78 is 56.9. The number of carbonyl (C=O) groups is 1. The summed E-state index contributed by atoms with van der Waals surface area (Å²) in [5, 5.41) is 2.05. The molecule has 0 aromatic heterocycles. The molecule has 0 unspecified atom stereocenters. The summed E-state index contributed by atoms with van der Waals surface area (Å²) in [5.74, 6) is -2.28. The number of ether oxygens (including phenoxy) is 1. The second kappa shape index (κ2) is 7.47. The summed E-state index contributed by atoms with van der Waals surface area (Å²) in [5.41, 5.74) is -0.414. The second-order valence-corrected chi connectivity index (χ2v) is 7.02. The Morgan fingerprint density at radius 1 is 1.12 bits per heavy atom. The maximum absolute atomic E-state index is 13.6. The van der Waals surface area contributed by atoms with Gasteiger partial charge in [0.15, 0.2) is 0 Å². The van der Waals surface area contributed by atoms with E-state index in [-0.39, 0.29) is 5.69 Å². The van der Waals surface area contributed by atoms with E-state index >= 15 is 0 Å². The van der Waals surface area contributed by atoms with Gasteiger partial charge in [-0.25, -0.2) is 17.2 Å². The van der Waals surface area contributed by atoms with Crippen LogP contribution in [-0.2, 0) is 14.8 Å². The van der Waals surface area contributed by atoms with Gasteiger partial charge in [0.25, 0.3) is 0 Å². The second-order valence-electron chi connectivity index (χ2n) is 5.11. The van der Waals surface area contributed by atoms with Crippen molar-refractivity contribution in [1.29, 1.82) is 0 Å². The van der Waals surface area contributed by atoms with Crippen LogP contribution < -0.4 is 14.4 Å². The number of rotatable bonds is 6. The zero-order chi connectivity index (χ0) is 18.6. The summed E-state index contributed by atoms with van der Waals surface area (Å²) in [6.07, 6.45) is 0.925. The molecule has 2 aromatic rings. The number of hydrogen-bond acceptors (Lipinski definition) is 4. The zero-order valence-electron chi connectivity index (χ0n) is 13.5. The Morgan fingerprint density at radius 2 is 1.68 bits per heavy atom. The molecule has 2 rings (SSSR count). The number of halogens is 2. The molecule has 0 aliphatic rings. The van der Waals surface area contributed by atoms with Crippen molar-refractivity contribution in [3.63, 3.8) is 0 Å². The molecule has 25 heavy (non-hydrogen) atoms. The lowest BCUT2D eigenvalue weighted by molar-refractivity contribution is -0.114. The van der Waals surface area contributed by atoms with Crippen LogP contribution in [0.1, 0.15) is 0 Å². The summed E-state index contributed by atoms with van der Waals surface area (Å²) in [7, 11) is -2.34. The molecule has 0 heterocycles. The zero-order valence-corrected chi connectivity index (χ0v) is 14.3. The van der Waals surface area contributed by atoms with Gasteiger partial charge >= 0.3 is 0 Å². The fourth-order valence-corrected chi connectivity index (χ4v) is 2.93. The first-order chi connectivity index (χ1) is 11.7. The number of carbonyl (C=O) groups excluding carboxylic acids is 1. The van der Waals surface area contributed by atoms with Crippen molar-refractivity contribution < 1.29 is 26.7 Å². The average Bonchev–Trinajstić information content (AvgIpc) is 2.55. The van der Waals surface area contributed by atoms with Gasteiger partial charge in [-0.1, -0.05) is 6.07 Å². The Balaban J connectivity index is 2.24. The SMILES string of the molecule is COc1ccc(N(CC(=O)Nc2c(F)cccc2F)S(C)(=O)=O)cc1. The Bertz CT molecular complexity index is 850. The molecule has 0 aliphatic carbocycles. The maximum Gasteiger partial charge on any atom is 0.245 e. The lowest BCUT2D eigenvalue weighted by Crippen LogP contribution is -2.37. The van der Waals surface area contributed by atoms with Crippen LogP contribution in [-0.4, -0.2) is 34.2 Å². The third-order valence-electron chi connectivity index (χ3n) is 3.28. The van der Waals surface area contributed by atoms with Crippen LogP contribution in [0.5, 0.6) is 5.75 Å². The van der Waals surface area contributed by atoms with E-state index in [0.717, 1.165) is 28.8 Å². The molecule has 2 aromatic carbocycles. The first kappa shape index (κ1) is 18.7. The van der Waals surface area contributed by atoms with Crippen molar-refractivity contribution >= 4 is 27.3 Å². The fourth-order valence-electron chi connectivity index (χ4n) is 2.08. The molecule has 0 atom stereocenters. The largest absolute Gasteiger partial charge is 0.497 e. The van der Waals surface area contributed by atoms with Crippen LogP contribution >= 0.6 is 0 Å². The van der Waals surface area contributed by atoms with Gasteiger partial charge < -0.3 is 10.1 Å². The Hall–Kier alpha value is -2.68. The van der Waals surface area contributed by atoms with E-state index in [1.54, 1.807) is 0 Å². The van der Waals surface area contributed by atoms with Crippen LogP contribution in [0.15, 0.2) is 42.5 Å². The van der Waals surface area contributed by atoms with Gasteiger partial charge in [0, 0.05) is 0 Å². The molecular formula is C16H16F2N2O4S. The number of hydrogen-bond donors (Lipinski definition) is 1. The molecule has 0 radical (unpaired) electrons. The molecule has 0 bridgehead atoms. The molecule has 6 nitrogen and oxygen atoms in total. The minimum Gasteiger partial charge on any atom is -0.497 e. The van der Waals surface area contributed by atoms with Crippen LogP contribution in [0.4, 0.5) is 20.2 Å². The highest BCUT2D eigenvalue weighted by Crippen LogP contribution is 2.22. The van der Waals surface area contributed by atoms with Gasteiger partial charge in [-0.2, -0.15) is 0 Å². The van der Waals surface area contributed by atoms with E-state index in [0.29, 0.717) is 5.75 Å². The van der Waals surface area contributed by atoms with Gasteiger partial charge in [0.2, 0.25) is 15.9 Å². The molecule has 0 saturated heterocycles. The third kappa shape index (κ3) is 4.66. The van der Waals surface area contributed by atoms with Crippen molar-refractivity contribution in [2.75, 3.05) is 29.5 Å². The number of amides is 1. The van der Waals surface area contributed by atoms with E-state index < -0.39 is 39.8 Å². The standard InChI is InChI=1S/C16H16F2N2O4S/c1-24-12-8-6-11(7-9-12)20(25(2,22)23)10-15(21)19-16-13(17)4-3-5-14(16)18/h3-9H,10H2,1-2H3,(H,19,21). The maximum atomic E-state index is 13.6. The van der Waals surface area contributed by atoms with Crippen molar-refractivity contribution in [2.45, 2.75) is 0 Å². The van der Waals surface area contributed by atoms with E-state index in [4.69, 9.17) is 4.74 Å². The number of benzene rings is 2. The molecule has 1 amide bonds. The first-order valence-electron chi connectivity index (χ1n) is 7.08. The quantitative estimate of drug-likeness (QED) is 0.847. The fraction of sp³-hybridized carbons (Fsp3) is 0.188. The van der Waals surface area contributed by atoms with Gasteiger partial charge in [-0.3, -0.25) is 9.10 Å². The van der Waals surface area contributed by atoms with Crippen molar-refractivity contribution in [2.24, 2.45) is 0 Å². The number of nitrogens with zero attached hydrogens (tertiary/aromatic N) is 1. The van der Waals surface area contributed by atoms with E-state index in [2.05, 4.69) is 5.32 Å². The van der Waals surface area contributed by atoms with Crippen molar-refractivity contribution in [1.82, 2.24) is 0 Å². The van der Waals surface area contributed by atoms with E-state index in [1.807, 2.05) is 0 Å². The Kier molecular flexibility index (Phi) is 5.58. The molecule has 9 heteroatoms. The highest BCUT2D eigenvalue weighted by atomic mass is 32.2. The summed E-state index contributed by atoms with van der Waals surface area (Å²) >= 11 is 0. The van der Waals surface area contributed by atoms with E-state index in [1.165, 1.54) is 31.4 Å². The topological polar surface area (TPSA) is 75.7 Å². The minimum absolute atomic E-state index is 0.215. The predicted octanol–water partition coefficient (Wildman–Crippen LogP) is 2.38. The Morgan fingerprint density at radius 3 is 2.16 bits per heavy atom. The lowest BCUT2D eigenvalue weighted by atomic mass is 10.3. The van der Waals surface area contributed by atoms with Crippen LogP contribution in [0, 0.1) is 11.6 Å². The highest BCUT2D eigenvalue weighted by molar-refractivity contribution is 7.92. The first-order valence-corrected chi connectivity index (χ1v) is 8.93. The number of sulfonamides is 1. The number of methoxy groups -OCH3 is 1. The van der Waals surface area contributed by atoms with Crippen LogP contribution in [0.25, 0.3) is 0 Å². The summed E-state index contributed by atoms with van der Waals surface area (Å²) in [6.45, 7) is -0.640. The molecule has 0 saturated carbocycles. The van der Waals surface area contributed by atoms with Crippen LogP contribution in [0.2, 0.25) is 0 Å². The monoisotopic (exact) mass is 370 g/mol. The molecular weight excluding hydrogens is 354 g/mol. The smallest absolute Gasteiger partial charge is 0.245 e. The normalized spacial score (nSPS) is 11.0. The van der Waals surface area contributed by atoms with Crippen molar-refractivity contribution in [3.8, 4) is 5.75 Å². The lowest BCUT2D eigenvalue weighted by Gasteiger charge is -2.22. The average molecular weight is 370 g/mol. The molecule has 134 valence electrons. The molecule has 0 fully saturated rings. The molecule has 0 aliphatic heterocycles. The Labute approximate surface area is 144 Å². The number of para-hydroxylation sites is 1. The molecule has 1 N–H and O–H groups in total. The summed E-state index contributed by atoms with van der Waals surface area (Å²) in [4.78, 5) is 12.1. The van der Waals surface area contributed by atoms with Gasteiger partial charge in [0.05, 0.1) is 19.1 Å². The summed E-state index contributed by atoms with van der Waals surface area (Å²) in [6, 6.07) is 9.09. The van der Waals surface area contributed by atoms with Gasteiger partial charge in [-0.15, -0.1) is 0 Å². The third-order valence-corrected chi connectivity index (χ3v) is 4.42. The van der Waals surface area contributed by atoms with E-state index in [9.17, 15) is 22.0 Å². The molecule has 0 spiro atoms. The van der Waals surface area contributed by atoms with Gasteiger partial charge in [-0.05, 0) is 36.4 Å². The number of nitrogens with one attached hydrogen (secondary N) is 1. The van der Waals surface area contributed by atoms with Crippen molar-refractivity contribution in [3.05, 3.63) is 54.1 Å². The highest BCUT2D eigenvalue weighted by Gasteiger charge is 2.22. The van der Waals surface area contributed by atoms with Gasteiger partial charge in [0.1, 0.15) is 29.6 Å². The van der Waals surface area contributed by atoms with Crippen LogP contribution in [0.3, 0.4) is 0 Å². The minimum atomic E-state index is -3.80. The predicted molar refractivity (Wildman–Crippen MR) is 90.2 cm³/mol.